The summed E-state index contributed by atoms with van der Waals surface area (Å²) >= 11 is 0. The van der Waals surface area contributed by atoms with Crippen molar-refractivity contribution >= 4 is 17.4 Å². The number of nitrogens with zero attached hydrogens (tertiary/aromatic N) is 2. The molecule has 1 saturated heterocycles. The fraction of sp³-hybridized carbons (Fsp3) is 0.294. The second-order valence-electron chi connectivity index (χ2n) is 5.46. The van der Waals surface area contributed by atoms with Crippen LogP contribution in [0, 0.1) is 6.92 Å². The van der Waals surface area contributed by atoms with E-state index in [2.05, 4.69) is 20.5 Å². The molecule has 1 fully saturated rings. The number of pyridine rings is 1. The van der Waals surface area contributed by atoms with Gasteiger partial charge in [0.25, 0.3) is 5.91 Å². The van der Waals surface area contributed by atoms with E-state index in [-0.39, 0.29) is 5.91 Å². The summed E-state index contributed by atoms with van der Waals surface area (Å²) in [4.78, 5) is 18.8. The number of amides is 1. The van der Waals surface area contributed by atoms with Gasteiger partial charge in [-0.1, -0.05) is 17.7 Å². The first-order valence-electron chi connectivity index (χ1n) is 7.52. The van der Waals surface area contributed by atoms with E-state index >= 15 is 0 Å². The van der Waals surface area contributed by atoms with E-state index in [1.54, 1.807) is 0 Å². The fourth-order valence-corrected chi connectivity index (χ4v) is 2.46. The molecule has 0 unspecified atom stereocenters. The summed E-state index contributed by atoms with van der Waals surface area (Å²) in [5.74, 6) is 0.437. The minimum Gasteiger partial charge on any atom is -0.368 e. The van der Waals surface area contributed by atoms with E-state index in [0.717, 1.165) is 37.4 Å². The molecule has 2 aromatic rings. The van der Waals surface area contributed by atoms with Crippen molar-refractivity contribution in [2.75, 3.05) is 36.4 Å². The van der Waals surface area contributed by atoms with Crippen molar-refractivity contribution in [3.05, 3.63) is 53.7 Å². The predicted molar refractivity (Wildman–Crippen MR) is 88.5 cm³/mol. The van der Waals surface area contributed by atoms with E-state index in [9.17, 15) is 4.79 Å². The van der Waals surface area contributed by atoms with E-state index < -0.39 is 0 Å². The molecule has 0 spiro atoms. The molecule has 1 aliphatic heterocycles. The van der Waals surface area contributed by atoms with Gasteiger partial charge in [-0.25, -0.2) is 4.98 Å². The van der Waals surface area contributed by atoms with Crippen molar-refractivity contribution < 1.29 is 4.79 Å². The zero-order chi connectivity index (χ0) is 15.4. The van der Waals surface area contributed by atoms with Crippen molar-refractivity contribution in [1.29, 1.82) is 0 Å². The van der Waals surface area contributed by atoms with E-state index in [0.29, 0.717) is 11.4 Å². The first-order chi connectivity index (χ1) is 10.7. The zero-order valence-corrected chi connectivity index (χ0v) is 12.7. The summed E-state index contributed by atoms with van der Waals surface area (Å²) in [5.41, 5.74) is 2.86. The minimum atomic E-state index is -0.137. The molecule has 0 atom stereocenters. The van der Waals surface area contributed by atoms with Gasteiger partial charge in [-0.3, -0.25) is 4.79 Å². The van der Waals surface area contributed by atoms with Crippen LogP contribution in [0.4, 0.5) is 11.5 Å². The molecule has 0 radical (unpaired) electrons. The third-order valence-corrected chi connectivity index (χ3v) is 3.79. The normalized spacial score (nSPS) is 14.7. The molecule has 1 aromatic carbocycles. The van der Waals surface area contributed by atoms with Crippen molar-refractivity contribution in [3.63, 3.8) is 0 Å². The van der Waals surface area contributed by atoms with Crippen molar-refractivity contribution in [3.8, 4) is 0 Å². The molecule has 0 bridgehead atoms. The number of hydrogen-bond donors (Lipinski definition) is 2. The Morgan fingerprint density at radius 1 is 1.14 bits per heavy atom. The molecule has 0 aliphatic carbocycles. The van der Waals surface area contributed by atoms with Crippen LogP contribution in [0.3, 0.4) is 0 Å². The van der Waals surface area contributed by atoms with Crippen molar-refractivity contribution in [1.82, 2.24) is 10.3 Å². The predicted octanol–water partition coefficient (Wildman–Crippen LogP) is 2.05. The van der Waals surface area contributed by atoms with Crippen molar-refractivity contribution in [2.24, 2.45) is 0 Å². The first-order valence-corrected chi connectivity index (χ1v) is 7.52. The Kier molecular flexibility index (Phi) is 4.34. The number of aromatic nitrogens is 1. The Hall–Kier alpha value is -2.40. The highest BCUT2D eigenvalue weighted by Crippen LogP contribution is 2.16. The Bertz CT molecular complexity index is 631. The van der Waals surface area contributed by atoms with E-state index in [4.69, 9.17) is 0 Å². The molecule has 5 nitrogen and oxygen atoms in total. The monoisotopic (exact) mass is 296 g/mol. The second kappa shape index (κ2) is 6.58. The molecule has 114 valence electrons. The van der Waals surface area contributed by atoms with Gasteiger partial charge in [0.2, 0.25) is 0 Å². The van der Waals surface area contributed by atoms with E-state index in [1.807, 2.05) is 49.5 Å². The molecule has 22 heavy (non-hydrogen) atoms. The third kappa shape index (κ3) is 3.43. The van der Waals surface area contributed by atoms with E-state index in [1.165, 1.54) is 0 Å². The maximum Gasteiger partial charge on any atom is 0.256 e. The van der Waals surface area contributed by atoms with Gasteiger partial charge in [0, 0.05) is 31.7 Å². The maximum atomic E-state index is 12.1. The number of carbonyl (C=O) groups is 1. The standard InChI is InChI=1S/C17H20N4O/c1-13-2-4-14(5-3-13)17(22)20-16-7-6-15(12-19-16)21-10-8-18-9-11-21/h2-7,12,18H,8-11H2,1H3,(H,19,20,22). The van der Waals surface area contributed by atoms with Gasteiger partial charge in [-0.05, 0) is 31.2 Å². The van der Waals surface area contributed by atoms with Crippen LogP contribution in [0.25, 0.3) is 0 Å². The molecular formula is C17H20N4O. The zero-order valence-electron chi connectivity index (χ0n) is 12.7. The minimum absolute atomic E-state index is 0.137. The number of aryl methyl sites for hydroxylation is 1. The number of hydrogen-bond acceptors (Lipinski definition) is 4. The van der Waals surface area contributed by atoms with Crippen LogP contribution in [-0.4, -0.2) is 37.1 Å². The average Bonchev–Trinajstić information content (AvgIpc) is 2.57. The number of carbonyl (C=O) groups excluding carboxylic acids is 1. The van der Waals surface area contributed by atoms with Crippen LogP contribution in [-0.2, 0) is 0 Å². The Labute approximate surface area is 130 Å². The van der Waals surface area contributed by atoms with Gasteiger partial charge in [-0.15, -0.1) is 0 Å². The SMILES string of the molecule is Cc1ccc(C(=O)Nc2ccc(N3CCNCC3)cn2)cc1. The van der Waals surface area contributed by atoms with Crippen LogP contribution in [0.1, 0.15) is 15.9 Å². The fourth-order valence-electron chi connectivity index (χ4n) is 2.46. The molecule has 1 aromatic heterocycles. The molecule has 1 aliphatic rings. The van der Waals surface area contributed by atoms with Crippen LogP contribution in [0.5, 0.6) is 0 Å². The van der Waals surface area contributed by atoms with Gasteiger partial charge < -0.3 is 15.5 Å². The summed E-state index contributed by atoms with van der Waals surface area (Å²) in [6.07, 6.45) is 1.82. The van der Waals surface area contributed by atoms with Gasteiger partial charge >= 0.3 is 0 Å². The summed E-state index contributed by atoms with van der Waals surface area (Å²) in [6.45, 7) is 5.95. The molecule has 2 N–H and O–H groups in total. The Morgan fingerprint density at radius 3 is 2.50 bits per heavy atom. The summed E-state index contributed by atoms with van der Waals surface area (Å²) in [6, 6.07) is 11.3. The molecule has 2 heterocycles. The lowest BCUT2D eigenvalue weighted by molar-refractivity contribution is 0.102. The average molecular weight is 296 g/mol. The largest absolute Gasteiger partial charge is 0.368 e. The van der Waals surface area contributed by atoms with Crippen LogP contribution < -0.4 is 15.5 Å². The highest BCUT2D eigenvalue weighted by atomic mass is 16.1. The highest BCUT2D eigenvalue weighted by Gasteiger charge is 2.11. The lowest BCUT2D eigenvalue weighted by Crippen LogP contribution is -2.43. The number of benzene rings is 1. The molecule has 3 rings (SSSR count). The number of rotatable bonds is 3. The van der Waals surface area contributed by atoms with Gasteiger partial charge in [0.05, 0.1) is 11.9 Å². The lowest BCUT2D eigenvalue weighted by Gasteiger charge is -2.29. The van der Waals surface area contributed by atoms with Crippen LogP contribution in [0.15, 0.2) is 42.6 Å². The topological polar surface area (TPSA) is 57.3 Å². The molecular weight excluding hydrogens is 276 g/mol. The number of piperazine rings is 1. The first kappa shape index (κ1) is 14.5. The van der Waals surface area contributed by atoms with Crippen molar-refractivity contribution in [2.45, 2.75) is 6.92 Å². The van der Waals surface area contributed by atoms with Gasteiger partial charge in [0.1, 0.15) is 5.82 Å². The van der Waals surface area contributed by atoms with Gasteiger partial charge in [0.15, 0.2) is 0 Å². The maximum absolute atomic E-state index is 12.1. The summed E-state index contributed by atoms with van der Waals surface area (Å²) < 4.78 is 0. The Morgan fingerprint density at radius 2 is 1.86 bits per heavy atom. The number of anilines is 2. The second-order valence-corrected chi connectivity index (χ2v) is 5.46. The molecule has 0 saturated carbocycles. The molecule has 5 heteroatoms. The quantitative estimate of drug-likeness (QED) is 0.910. The van der Waals surface area contributed by atoms with Gasteiger partial charge in [-0.2, -0.15) is 0 Å². The lowest BCUT2D eigenvalue weighted by atomic mass is 10.1. The number of nitrogens with one attached hydrogen (secondary N) is 2. The van der Waals surface area contributed by atoms with Crippen LogP contribution >= 0.6 is 0 Å². The molecule has 1 amide bonds. The Balaban J connectivity index is 1.65. The highest BCUT2D eigenvalue weighted by molar-refractivity contribution is 6.03. The summed E-state index contributed by atoms with van der Waals surface area (Å²) in [5, 5.41) is 6.15. The third-order valence-electron chi connectivity index (χ3n) is 3.79. The smallest absolute Gasteiger partial charge is 0.256 e. The summed E-state index contributed by atoms with van der Waals surface area (Å²) in [7, 11) is 0. The van der Waals surface area contributed by atoms with Crippen LogP contribution in [0.2, 0.25) is 0 Å².